The van der Waals surface area contributed by atoms with E-state index in [2.05, 4.69) is 10.3 Å². The van der Waals surface area contributed by atoms with Crippen LogP contribution < -0.4 is 14.8 Å². The third-order valence-corrected chi connectivity index (χ3v) is 4.33. The quantitative estimate of drug-likeness (QED) is 0.610. The maximum Gasteiger partial charge on any atom is 0.341 e. The fourth-order valence-corrected chi connectivity index (χ4v) is 2.90. The van der Waals surface area contributed by atoms with E-state index in [9.17, 15) is 9.59 Å². The molecule has 26 heavy (non-hydrogen) atoms. The zero-order valence-electron chi connectivity index (χ0n) is 14.1. The molecule has 1 aromatic carbocycles. The van der Waals surface area contributed by atoms with E-state index < -0.39 is 11.9 Å². The van der Waals surface area contributed by atoms with Gasteiger partial charge in [-0.25, -0.2) is 9.78 Å². The number of pyridine rings is 1. The molecule has 2 heterocycles. The number of hydrogen-bond donors (Lipinski definition) is 1. The fraction of sp³-hybridized carbons (Fsp3) is 0.278. The highest BCUT2D eigenvalue weighted by molar-refractivity contribution is 7.98. The molecule has 7 nitrogen and oxygen atoms in total. The summed E-state index contributed by atoms with van der Waals surface area (Å²) in [5.74, 6) is 0.342. The summed E-state index contributed by atoms with van der Waals surface area (Å²) in [4.78, 5) is 28.1. The molecule has 1 aliphatic rings. The number of carbonyl (C=O) groups is 2. The van der Waals surface area contributed by atoms with Gasteiger partial charge in [-0.15, -0.1) is 11.8 Å². The highest BCUT2D eigenvalue weighted by Gasteiger charge is 2.21. The number of thioether (sulfide) groups is 1. The number of aromatic nitrogens is 1. The molecule has 1 N–H and O–H groups in total. The molecule has 0 spiro atoms. The lowest BCUT2D eigenvalue weighted by molar-refractivity contribution is -0.124. The van der Waals surface area contributed by atoms with E-state index in [0.29, 0.717) is 28.7 Å². The number of hydrogen-bond acceptors (Lipinski definition) is 7. The molecule has 0 aliphatic carbocycles. The number of benzene rings is 1. The number of amides is 1. The molecule has 0 bridgehead atoms. The molecule has 0 unspecified atom stereocenters. The molecule has 0 radical (unpaired) electrons. The van der Waals surface area contributed by atoms with Crippen molar-refractivity contribution in [3.05, 3.63) is 48.2 Å². The molecule has 2 aromatic rings. The van der Waals surface area contributed by atoms with Gasteiger partial charge >= 0.3 is 5.97 Å². The number of para-hydroxylation sites is 2. The van der Waals surface area contributed by atoms with Crippen LogP contribution in [0.4, 0.5) is 0 Å². The Balaban J connectivity index is 1.44. The van der Waals surface area contributed by atoms with Gasteiger partial charge in [-0.05, 0) is 30.5 Å². The van der Waals surface area contributed by atoms with Gasteiger partial charge in [0.1, 0.15) is 17.7 Å². The molecule has 0 saturated carbocycles. The Morgan fingerprint density at radius 2 is 2.08 bits per heavy atom. The fourth-order valence-electron chi connectivity index (χ4n) is 2.36. The number of rotatable bonds is 6. The molecule has 136 valence electrons. The van der Waals surface area contributed by atoms with Crippen LogP contribution in [0.1, 0.15) is 10.4 Å². The number of carbonyl (C=O) groups excluding carboxylic acids is 2. The Kier molecular flexibility index (Phi) is 5.96. The number of nitrogens with zero attached hydrogens (tertiary/aromatic N) is 1. The smallest absolute Gasteiger partial charge is 0.341 e. The number of ether oxygens (including phenoxy) is 3. The van der Waals surface area contributed by atoms with Gasteiger partial charge in [0.25, 0.3) is 5.91 Å². The van der Waals surface area contributed by atoms with Crippen molar-refractivity contribution in [1.82, 2.24) is 10.3 Å². The first-order valence-corrected chi connectivity index (χ1v) is 9.21. The predicted octanol–water partition coefficient (Wildman–Crippen LogP) is 1.92. The Morgan fingerprint density at radius 1 is 1.27 bits per heavy atom. The molecule has 0 fully saturated rings. The van der Waals surface area contributed by atoms with Crippen molar-refractivity contribution < 1.29 is 23.8 Å². The highest BCUT2D eigenvalue weighted by Crippen LogP contribution is 2.30. The zero-order chi connectivity index (χ0) is 18.4. The van der Waals surface area contributed by atoms with Crippen LogP contribution >= 0.6 is 11.8 Å². The van der Waals surface area contributed by atoms with Crippen LogP contribution in [0.5, 0.6) is 11.5 Å². The molecule has 0 saturated heterocycles. The first-order valence-electron chi connectivity index (χ1n) is 7.98. The third-order valence-electron chi connectivity index (χ3n) is 3.61. The second kappa shape index (κ2) is 8.57. The van der Waals surface area contributed by atoms with E-state index in [0.717, 1.165) is 0 Å². The Morgan fingerprint density at radius 3 is 2.88 bits per heavy atom. The van der Waals surface area contributed by atoms with Crippen LogP contribution in [-0.2, 0) is 9.53 Å². The van der Waals surface area contributed by atoms with E-state index in [-0.39, 0.29) is 19.3 Å². The summed E-state index contributed by atoms with van der Waals surface area (Å²) >= 11 is 1.34. The first-order chi connectivity index (χ1) is 12.7. The third kappa shape index (κ3) is 4.45. The number of fused-ring (bicyclic) bond motifs is 1. The molecule has 3 rings (SSSR count). The van der Waals surface area contributed by atoms with Crippen LogP contribution in [-0.4, -0.2) is 49.0 Å². The summed E-state index contributed by atoms with van der Waals surface area (Å²) in [6.07, 6.45) is 3.11. The Hall–Kier alpha value is -2.74. The number of esters is 1. The van der Waals surface area contributed by atoms with Gasteiger partial charge in [-0.3, -0.25) is 4.79 Å². The van der Waals surface area contributed by atoms with Crippen molar-refractivity contribution in [3.8, 4) is 11.5 Å². The van der Waals surface area contributed by atoms with Crippen LogP contribution in [0, 0.1) is 0 Å². The van der Waals surface area contributed by atoms with Crippen LogP contribution in [0.25, 0.3) is 0 Å². The Labute approximate surface area is 155 Å². The normalized spacial score (nSPS) is 15.2. The van der Waals surface area contributed by atoms with Gasteiger partial charge in [0.05, 0.1) is 12.1 Å². The van der Waals surface area contributed by atoms with Gasteiger partial charge in [0.2, 0.25) is 0 Å². The molecule has 1 atom stereocenters. The summed E-state index contributed by atoms with van der Waals surface area (Å²) in [7, 11) is 0. The average molecular weight is 374 g/mol. The second-order valence-corrected chi connectivity index (χ2v) is 6.23. The SMILES string of the molecule is CSc1ncccc1C(=O)OCC(=O)NC[C@@H]1COc2ccccc2O1. The molecular weight excluding hydrogens is 356 g/mol. The van der Waals surface area contributed by atoms with Crippen molar-refractivity contribution in [3.63, 3.8) is 0 Å². The van der Waals surface area contributed by atoms with Gasteiger partial charge in [0, 0.05) is 6.20 Å². The summed E-state index contributed by atoms with van der Waals surface area (Å²) < 4.78 is 16.4. The monoisotopic (exact) mass is 374 g/mol. The van der Waals surface area contributed by atoms with Crippen molar-refractivity contribution in [2.45, 2.75) is 11.1 Å². The standard InChI is InChI=1S/C18H18N2O5S/c1-26-17-13(5-4-8-19-17)18(22)24-11-16(21)20-9-12-10-23-14-6-2-3-7-15(14)25-12/h2-8,12H,9-11H2,1H3,(H,20,21)/t12-/m1/s1. The minimum absolute atomic E-state index is 0.258. The van der Waals surface area contributed by atoms with Gasteiger partial charge in [-0.2, -0.15) is 0 Å². The van der Waals surface area contributed by atoms with E-state index in [1.54, 1.807) is 18.3 Å². The van der Waals surface area contributed by atoms with Gasteiger partial charge in [-0.1, -0.05) is 12.1 Å². The van der Waals surface area contributed by atoms with E-state index >= 15 is 0 Å². The molecule has 1 amide bonds. The second-order valence-electron chi connectivity index (χ2n) is 5.44. The molecule has 1 aromatic heterocycles. The summed E-state index contributed by atoms with van der Waals surface area (Å²) in [5, 5.41) is 3.24. The van der Waals surface area contributed by atoms with Crippen molar-refractivity contribution in [2.75, 3.05) is 26.0 Å². The van der Waals surface area contributed by atoms with Gasteiger partial charge in [0.15, 0.2) is 18.1 Å². The maximum absolute atomic E-state index is 12.1. The van der Waals surface area contributed by atoms with Crippen molar-refractivity contribution in [1.29, 1.82) is 0 Å². The topological polar surface area (TPSA) is 86.8 Å². The van der Waals surface area contributed by atoms with Crippen molar-refractivity contribution in [2.24, 2.45) is 0 Å². The van der Waals surface area contributed by atoms with E-state index in [1.165, 1.54) is 11.8 Å². The minimum atomic E-state index is -0.580. The lowest BCUT2D eigenvalue weighted by Crippen LogP contribution is -2.42. The summed E-state index contributed by atoms with van der Waals surface area (Å²) in [6, 6.07) is 10.6. The maximum atomic E-state index is 12.1. The highest BCUT2D eigenvalue weighted by atomic mass is 32.2. The lowest BCUT2D eigenvalue weighted by atomic mass is 10.2. The molecule has 8 heteroatoms. The zero-order valence-corrected chi connectivity index (χ0v) is 15.0. The molecular formula is C18H18N2O5S. The summed E-state index contributed by atoms with van der Waals surface area (Å²) in [5.41, 5.74) is 0.341. The van der Waals surface area contributed by atoms with Crippen LogP contribution in [0.15, 0.2) is 47.6 Å². The number of nitrogens with one attached hydrogen (secondary N) is 1. The van der Waals surface area contributed by atoms with Gasteiger partial charge < -0.3 is 19.5 Å². The average Bonchev–Trinajstić information content (AvgIpc) is 2.70. The largest absolute Gasteiger partial charge is 0.486 e. The summed E-state index contributed by atoms with van der Waals surface area (Å²) in [6.45, 7) is 0.225. The van der Waals surface area contributed by atoms with Crippen molar-refractivity contribution >= 4 is 23.6 Å². The van der Waals surface area contributed by atoms with E-state index in [1.807, 2.05) is 30.5 Å². The van der Waals surface area contributed by atoms with Crippen LogP contribution in [0.3, 0.4) is 0 Å². The lowest BCUT2D eigenvalue weighted by Gasteiger charge is -2.26. The minimum Gasteiger partial charge on any atom is -0.486 e. The van der Waals surface area contributed by atoms with Crippen LogP contribution in [0.2, 0.25) is 0 Å². The molecule has 1 aliphatic heterocycles. The first kappa shape index (κ1) is 18.1. The van der Waals surface area contributed by atoms with E-state index in [4.69, 9.17) is 14.2 Å². The Bertz CT molecular complexity index is 799. The predicted molar refractivity (Wildman–Crippen MR) is 95.7 cm³/mol.